The Morgan fingerprint density at radius 1 is 0.927 bits per heavy atom. The number of ether oxygens (including phenoxy) is 1. The minimum absolute atomic E-state index is 0.157. The Bertz CT molecular complexity index is 1720. The largest absolute Gasteiger partial charge is 0.454 e. The van der Waals surface area contributed by atoms with Gasteiger partial charge in [0.25, 0.3) is 0 Å². The molecule has 0 N–H and O–H groups in total. The molecule has 3 aromatic carbocycles. The molecule has 1 aliphatic carbocycles. The van der Waals surface area contributed by atoms with Crippen molar-refractivity contribution >= 4 is 51.8 Å². The van der Waals surface area contributed by atoms with Gasteiger partial charge < -0.3 is 4.74 Å². The molecule has 1 aliphatic heterocycles. The van der Waals surface area contributed by atoms with Crippen LogP contribution in [-0.4, -0.2) is 35.2 Å². The highest BCUT2D eigenvalue weighted by Crippen LogP contribution is 2.38. The van der Waals surface area contributed by atoms with E-state index in [0.717, 1.165) is 12.1 Å². The number of hydrogen-bond donors (Lipinski definition) is 0. The second kappa shape index (κ2) is 10.7. The molecule has 41 heavy (non-hydrogen) atoms. The van der Waals surface area contributed by atoms with Crippen molar-refractivity contribution in [1.29, 1.82) is 0 Å². The number of halogens is 2. The number of esters is 1. The molecule has 4 aromatic rings. The van der Waals surface area contributed by atoms with E-state index in [2.05, 4.69) is 4.98 Å². The van der Waals surface area contributed by atoms with Gasteiger partial charge in [0.2, 0.25) is 11.8 Å². The van der Waals surface area contributed by atoms with Gasteiger partial charge >= 0.3 is 5.97 Å². The highest BCUT2D eigenvalue weighted by atomic mass is 35.5. The lowest BCUT2D eigenvalue weighted by atomic mass is 9.85. The number of aromatic nitrogens is 1. The molecule has 0 bridgehead atoms. The van der Waals surface area contributed by atoms with E-state index < -0.39 is 24.2 Å². The van der Waals surface area contributed by atoms with Crippen LogP contribution in [0.25, 0.3) is 22.2 Å². The number of nitrogens with zero attached hydrogens (tertiary/aromatic N) is 2. The van der Waals surface area contributed by atoms with E-state index in [9.17, 15) is 23.6 Å². The fourth-order valence-electron chi connectivity index (χ4n) is 5.29. The van der Waals surface area contributed by atoms with Gasteiger partial charge in [-0.15, -0.1) is 0 Å². The summed E-state index contributed by atoms with van der Waals surface area (Å²) in [4.78, 5) is 57.5. The van der Waals surface area contributed by atoms with Gasteiger partial charge in [-0.25, -0.2) is 14.2 Å². The van der Waals surface area contributed by atoms with Gasteiger partial charge in [0.1, 0.15) is 5.82 Å². The molecule has 0 radical (unpaired) electrons. The Kier molecular flexibility index (Phi) is 6.93. The van der Waals surface area contributed by atoms with Crippen LogP contribution in [0.4, 0.5) is 10.1 Å². The molecule has 9 heteroatoms. The molecule has 0 unspecified atom stereocenters. The zero-order chi connectivity index (χ0) is 28.7. The van der Waals surface area contributed by atoms with Gasteiger partial charge in [0.05, 0.1) is 39.3 Å². The van der Waals surface area contributed by atoms with Crippen LogP contribution in [0, 0.1) is 17.7 Å². The number of Topliss-reactive ketones (excluding diaryl/α,β-unsaturated/α-hetero) is 1. The number of allylic oxidation sites excluding steroid dienone is 2. The van der Waals surface area contributed by atoms with E-state index in [-0.39, 0.29) is 34.8 Å². The summed E-state index contributed by atoms with van der Waals surface area (Å²) < 4.78 is 18.5. The Balaban J connectivity index is 1.29. The second-order valence-electron chi connectivity index (χ2n) is 9.91. The number of hydrogen-bond acceptors (Lipinski definition) is 6. The summed E-state index contributed by atoms with van der Waals surface area (Å²) >= 11 is 6.43. The molecule has 2 heterocycles. The predicted molar refractivity (Wildman–Crippen MR) is 151 cm³/mol. The number of ketones is 1. The van der Waals surface area contributed by atoms with Crippen LogP contribution in [0.5, 0.6) is 0 Å². The maximum absolute atomic E-state index is 13.2. The van der Waals surface area contributed by atoms with Crippen molar-refractivity contribution in [2.24, 2.45) is 11.8 Å². The van der Waals surface area contributed by atoms with Gasteiger partial charge in [-0.1, -0.05) is 48.0 Å². The van der Waals surface area contributed by atoms with Crippen LogP contribution in [-0.2, 0) is 14.3 Å². The summed E-state index contributed by atoms with van der Waals surface area (Å²) in [5.41, 5.74) is 2.24. The van der Waals surface area contributed by atoms with Crippen LogP contribution in [0.1, 0.15) is 33.6 Å². The fourth-order valence-corrected chi connectivity index (χ4v) is 5.51. The van der Waals surface area contributed by atoms with E-state index >= 15 is 0 Å². The Hall–Kier alpha value is -4.69. The van der Waals surface area contributed by atoms with Crippen molar-refractivity contribution in [3.05, 3.63) is 107 Å². The van der Waals surface area contributed by atoms with Gasteiger partial charge in [-0.2, -0.15) is 0 Å². The molecule has 1 aromatic heterocycles. The second-order valence-corrected chi connectivity index (χ2v) is 10.3. The normalized spacial score (nSPS) is 18.0. The monoisotopic (exact) mass is 568 g/mol. The average molecular weight is 569 g/mol. The number of benzene rings is 3. The number of carbonyl (C=O) groups excluding carboxylic acids is 4. The van der Waals surface area contributed by atoms with Crippen LogP contribution in [0.3, 0.4) is 0 Å². The molecule has 0 saturated carbocycles. The van der Waals surface area contributed by atoms with Crippen molar-refractivity contribution in [3.63, 3.8) is 0 Å². The first-order valence-electron chi connectivity index (χ1n) is 13.0. The molecular weight excluding hydrogens is 547 g/mol. The van der Waals surface area contributed by atoms with Crippen LogP contribution in [0.2, 0.25) is 5.02 Å². The van der Waals surface area contributed by atoms with E-state index in [0.29, 0.717) is 45.7 Å². The molecule has 2 amide bonds. The predicted octanol–water partition coefficient (Wildman–Crippen LogP) is 6.19. The molecule has 2 aliphatic rings. The Morgan fingerprint density at radius 2 is 1.59 bits per heavy atom. The lowest BCUT2D eigenvalue weighted by Crippen LogP contribution is -2.30. The lowest BCUT2D eigenvalue weighted by Gasteiger charge is -2.16. The van der Waals surface area contributed by atoms with Crippen molar-refractivity contribution in [1.82, 2.24) is 4.98 Å². The summed E-state index contributed by atoms with van der Waals surface area (Å²) in [6.45, 7) is -0.533. The quantitative estimate of drug-likeness (QED) is 0.119. The summed E-state index contributed by atoms with van der Waals surface area (Å²) in [6, 6.07) is 18.3. The van der Waals surface area contributed by atoms with Crippen LogP contribution in [0.15, 0.2) is 84.9 Å². The number of rotatable bonds is 6. The number of imide groups is 1. The molecular formula is C32H22ClFN2O5. The maximum Gasteiger partial charge on any atom is 0.339 e. The highest BCUT2D eigenvalue weighted by Gasteiger charge is 2.47. The summed E-state index contributed by atoms with van der Waals surface area (Å²) in [6.07, 6.45) is 4.99. The Labute approximate surface area is 239 Å². The van der Waals surface area contributed by atoms with E-state index in [1.807, 2.05) is 12.2 Å². The molecule has 0 spiro atoms. The third-order valence-electron chi connectivity index (χ3n) is 7.44. The van der Waals surface area contributed by atoms with Crippen LogP contribution < -0.4 is 4.90 Å². The number of para-hydroxylation sites is 1. The summed E-state index contributed by atoms with van der Waals surface area (Å²) in [7, 11) is 0. The van der Waals surface area contributed by atoms with E-state index in [1.54, 1.807) is 48.5 Å². The topological polar surface area (TPSA) is 93.6 Å². The van der Waals surface area contributed by atoms with E-state index in [4.69, 9.17) is 16.3 Å². The zero-order valence-electron chi connectivity index (χ0n) is 21.6. The van der Waals surface area contributed by atoms with Crippen molar-refractivity contribution < 1.29 is 28.3 Å². The van der Waals surface area contributed by atoms with Gasteiger partial charge in [-0.05, 0) is 61.4 Å². The first-order chi connectivity index (χ1) is 19.8. The molecule has 204 valence electrons. The number of carbonyl (C=O) groups is 4. The standard InChI is InChI=1S/C32H22ClFN2O5/c33-26-7-3-6-22-25(32(40)41-17-28(37)19-8-12-20(34)13-9-19)16-27(35-29(22)26)18-10-14-21(15-11-18)36-30(38)23-4-1-2-5-24(23)31(36)39/h1-3,6-16,23-24H,4-5,17H2/t23-,24-/m1/s1. The number of pyridine rings is 1. The van der Waals surface area contributed by atoms with Gasteiger partial charge in [0.15, 0.2) is 12.4 Å². The highest BCUT2D eigenvalue weighted by molar-refractivity contribution is 6.35. The maximum atomic E-state index is 13.2. The smallest absolute Gasteiger partial charge is 0.339 e. The lowest BCUT2D eigenvalue weighted by molar-refractivity contribution is -0.122. The summed E-state index contributed by atoms with van der Waals surface area (Å²) in [5, 5.41) is 0.767. The molecule has 6 rings (SSSR count). The molecule has 1 saturated heterocycles. The van der Waals surface area contributed by atoms with Crippen molar-refractivity contribution in [3.8, 4) is 11.3 Å². The van der Waals surface area contributed by atoms with Crippen LogP contribution >= 0.6 is 11.6 Å². The fraction of sp³-hybridized carbons (Fsp3) is 0.156. The van der Waals surface area contributed by atoms with Gasteiger partial charge in [0, 0.05) is 16.5 Å². The van der Waals surface area contributed by atoms with E-state index in [1.165, 1.54) is 17.0 Å². The molecule has 1 fully saturated rings. The van der Waals surface area contributed by atoms with Crippen molar-refractivity contribution in [2.45, 2.75) is 12.8 Å². The first-order valence-corrected chi connectivity index (χ1v) is 13.4. The van der Waals surface area contributed by atoms with Gasteiger partial charge in [-0.3, -0.25) is 19.3 Å². The third kappa shape index (κ3) is 4.91. The number of fused-ring (bicyclic) bond motifs is 2. The minimum atomic E-state index is -0.752. The van der Waals surface area contributed by atoms with Crippen molar-refractivity contribution in [2.75, 3.05) is 11.5 Å². The number of amides is 2. The molecule has 7 nitrogen and oxygen atoms in total. The zero-order valence-corrected chi connectivity index (χ0v) is 22.3. The average Bonchev–Trinajstić information content (AvgIpc) is 3.25. The first kappa shape index (κ1) is 26.5. The molecule has 2 atom stereocenters. The minimum Gasteiger partial charge on any atom is -0.454 e. The third-order valence-corrected chi connectivity index (χ3v) is 7.74. The number of anilines is 1. The Morgan fingerprint density at radius 3 is 2.24 bits per heavy atom. The SMILES string of the molecule is O=C(COC(=O)c1cc(-c2ccc(N3C(=O)[C@@H]4CC=CC[C@H]4C3=O)cc2)nc2c(Cl)cccc12)c1ccc(F)cc1. The summed E-state index contributed by atoms with van der Waals surface area (Å²) in [5.74, 6) is -2.78.